The third-order valence-electron chi connectivity index (χ3n) is 0.452. The van der Waals surface area contributed by atoms with Crippen LogP contribution < -0.4 is 0 Å². The van der Waals surface area contributed by atoms with E-state index in [0.717, 1.165) is 0 Å². The summed E-state index contributed by atoms with van der Waals surface area (Å²) in [4.78, 5) is 0. The maximum absolute atomic E-state index is 4.70. The molecular weight excluding hydrogens is 180 g/mol. The monoisotopic (exact) mass is 186 g/mol. The van der Waals surface area contributed by atoms with Gasteiger partial charge in [-0.2, -0.15) is 0 Å². The summed E-state index contributed by atoms with van der Waals surface area (Å²) in [5.41, 5.74) is 0. The molecule has 0 spiro atoms. The molecular formula is C2H6N2O2S3. The van der Waals surface area contributed by atoms with Crippen LogP contribution in [0.15, 0.2) is 0 Å². The third kappa shape index (κ3) is 3.49. The molecule has 0 bridgehead atoms. The van der Waals surface area contributed by atoms with E-state index in [0.29, 0.717) is 7.91 Å². The summed E-state index contributed by atoms with van der Waals surface area (Å²) in [7, 11) is 0. The fourth-order valence-electron chi connectivity index (χ4n) is 0.237. The third-order valence-corrected chi connectivity index (χ3v) is 1.73. The van der Waals surface area contributed by atoms with Gasteiger partial charge in [-0.05, 0) is 24.4 Å². The molecule has 7 heteroatoms. The first-order chi connectivity index (χ1) is 3.29. The van der Waals surface area contributed by atoms with Gasteiger partial charge in [-0.1, -0.05) is 11.3 Å². The average molecular weight is 186 g/mol. The molecule has 0 aliphatic heterocycles. The maximum Gasteiger partial charge on any atom is 0.175 e. The van der Waals surface area contributed by atoms with Crippen LogP contribution in [0.4, 0.5) is 0 Å². The number of hydrogen-bond donors (Lipinski definition) is 2. The smallest absolute Gasteiger partial charge is 0.175 e. The van der Waals surface area contributed by atoms with Gasteiger partial charge < -0.3 is 11.0 Å². The molecule has 6 N–H and O–H groups in total. The molecule has 0 radical (unpaired) electrons. The van der Waals surface area contributed by atoms with Crippen molar-refractivity contribution in [2.24, 2.45) is 0 Å². The summed E-state index contributed by atoms with van der Waals surface area (Å²) in [5, 5.41) is 5.34. The van der Waals surface area contributed by atoms with Gasteiger partial charge in [-0.15, -0.1) is 0 Å². The van der Waals surface area contributed by atoms with E-state index in [4.69, 9.17) is 24.4 Å². The zero-order valence-corrected chi connectivity index (χ0v) is 6.67. The Kier molecular flexibility index (Phi) is 6.19. The summed E-state index contributed by atoms with van der Waals surface area (Å²) in [6.45, 7) is 0. The van der Waals surface area contributed by atoms with Crippen molar-refractivity contribution in [3.8, 4) is 0 Å². The summed E-state index contributed by atoms with van der Waals surface area (Å²) in [6, 6.07) is 0. The first-order valence-corrected chi connectivity index (χ1v) is 3.20. The summed E-state index contributed by atoms with van der Waals surface area (Å²) in [6.07, 6.45) is 0. The minimum atomic E-state index is 0. The van der Waals surface area contributed by atoms with Crippen LogP contribution in [0, 0.1) is 7.91 Å². The highest BCUT2D eigenvalue weighted by atomic mass is 32.2. The van der Waals surface area contributed by atoms with Gasteiger partial charge in [0.05, 0.1) is 0 Å². The van der Waals surface area contributed by atoms with E-state index in [1.165, 1.54) is 11.3 Å². The SMILES string of the molecule is O.O.S=c1[nH][nH]c(=S)s1. The number of hydrogen-bond acceptors (Lipinski definition) is 3. The van der Waals surface area contributed by atoms with Gasteiger partial charge in [0, 0.05) is 0 Å². The van der Waals surface area contributed by atoms with Crippen LogP contribution in [-0.2, 0) is 0 Å². The average Bonchev–Trinajstić information content (AvgIpc) is 1.87. The number of nitrogens with one attached hydrogen (secondary N) is 2. The van der Waals surface area contributed by atoms with Crippen molar-refractivity contribution in [3.63, 3.8) is 0 Å². The Bertz CT molecular complexity index is 222. The Morgan fingerprint density at radius 1 is 1.00 bits per heavy atom. The highest BCUT2D eigenvalue weighted by Crippen LogP contribution is 1.94. The van der Waals surface area contributed by atoms with Crippen molar-refractivity contribution < 1.29 is 11.0 Å². The minimum absolute atomic E-state index is 0. The Labute approximate surface area is 65.2 Å². The normalized spacial score (nSPS) is 7.11. The van der Waals surface area contributed by atoms with Crippen molar-refractivity contribution in [1.29, 1.82) is 0 Å². The van der Waals surface area contributed by atoms with Crippen LogP contribution in [0.2, 0.25) is 0 Å². The van der Waals surface area contributed by atoms with Gasteiger partial charge in [0.2, 0.25) is 0 Å². The van der Waals surface area contributed by atoms with E-state index in [2.05, 4.69) is 10.2 Å². The van der Waals surface area contributed by atoms with Gasteiger partial charge in [-0.25, -0.2) is 0 Å². The van der Waals surface area contributed by atoms with E-state index in [-0.39, 0.29) is 11.0 Å². The Balaban J connectivity index is 0. The van der Waals surface area contributed by atoms with Crippen LogP contribution in [0.3, 0.4) is 0 Å². The Morgan fingerprint density at radius 3 is 1.44 bits per heavy atom. The molecule has 4 nitrogen and oxygen atoms in total. The topological polar surface area (TPSA) is 94.6 Å². The summed E-state index contributed by atoms with van der Waals surface area (Å²) in [5.74, 6) is 0. The molecule has 0 saturated carbocycles. The Morgan fingerprint density at radius 2 is 1.33 bits per heavy atom. The quantitative estimate of drug-likeness (QED) is 0.567. The summed E-state index contributed by atoms with van der Waals surface area (Å²) >= 11 is 10.8. The lowest BCUT2D eigenvalue weighted by Crippen LogP contribution is -1.60. The van der Waals surface area contributed by atoms with Crippen LogP contribution >= 0.6 is 35.8 Å². The van der Waals surface area contributed by atoms with Gasteiger partial charge >= 0.3 is 0 Å². The van der Waals surface area contributed by atoms with Crippen molar-refractivity contribution in [2.45, 2.75) is 0 Å². The first kappa shape index (κ1) is 11.7. The largest absolute Gasteiger partial charge is 0.412 e. The molecule has 0 atom stereocenters. The first-order valence-electron chi connectivity index (χ1n) is 1.57. The number of aromatic nitrogens is 2. The van der Waals surface area contributed by atoms with Crippen molar-refractivity contribution >= 4 is 35.8 Å². The van der Waals surface area contributed by atoms with Crippen LogP contribution in [0.5, 0.6) is 0 Å². The zero-order chi connectivity index (χ0) is 5.28. The zero-order valence-electron chi connectivity index (χ0n) is 4.22. The van der Waals surface area contributed by atoms with Crippen molar-refractivity contribution in [1.82, 2.24) is 10.2 Å². The fraction of sp³-hybridized carbons (Fsp3) is 0. The molecule has 0 amide bonds. The number of rotatable bonds is 0. The van der Waals surface area contributed by atoms with Gasteiger partial charge in [-0.3, -0.25) is 10.2 Å². The molecule has 9 heavy (non-hydrogen) atoms. The highest BCUT2D eigenvalue weighted by Gasteiger charge is 1.74. The fourth-order valence-corrected chi connectivity index (χ4v) is 1.37. The van der Waals surface area contributed by atoms with Crippen molar-refractivity contribution in [3.05, 3.63) is 7.91 Å². The number of aromatic amines is 2. The second-order valence-corrected chi connectivity index (χ2v) is 3.28. The lowest BCUT2D eigenvalue weighted by molar-refractivity contribution is 0.823. The molecule has 0 aromatic carbocycles. The number of H-pyrrole nitrogens is 2. The van der Waals surface area contributed by atoms with E-state index in [9.17, 15) is 0 Å². The molecule has 0 fully saturated rings. The maximum atomic E-state index is 4.70. The molecule has 0 aliphatic rings. The predicted molar refractivity (Wildman–Crippen MR) is 41.9 cm³/mol. The lowest BCUT2D eigenvalue weighted by atomic mass is 11.6. The predicted octanol–water partition coefficient (Wildman–Crippen LogP) is 0.214. The molecule has 0 aliphatic carbocycles. The summed E-state index contributed by atoms with van der Waals surface area (Å²) < 4.78 is 1.40. The highest BCUT2D eigenvalue weighted by molar-refractivity contribution is 7.75. The van der Waals surface area contributed by atoms with Gasteiger partial charge in [0.25, 0.3) is 0 Å². The molecule has 54 valence electrons. The van der Waals surface area contributed by atoms with Gasteiger partial charge in [0.1, 0.15) is 0 Å². The van der Waals surface area contributed by atoms with E-state index in [1.807, 2.05) is 0 Å². The lowest BCUT2D eigenvalue weighted by Gasteiger charge is -1.57. The second-order valence-electron chi connectivity index (χ2n) is 0.927. The minimum Gasteiger partial charge on any atom is -0.412 e. The van der Waals surface area contributed by atoms with Crippen molar-refractivity contribution in [2.75, 3.05) is 0 Å². The van der Waals surface area contributed by atoms with Crippen LogP contribution in [0.1, 0.15) is 0 Å². The van der Waals surface area contributed by atoms with E-state index < -0.39 is 0 Å². The van der Waals surface area contributed by atoms with Crippen LogP contribution in [0.25, 0.3) is 0 Å². The van der Waals surface area contributed by atoms with Crippen LogP contribution in [-0.4, -0.2) is 21.1 Å². The van der Waals surface area contributed by atoms with E-state index in [1.54, 1.807) is 0 Å². The Hall–Kier alpha value is -0.0800. The molecule has 1 heterocycles. The second kappa shape index (κ2) is 4.77. The molecule has 1 aromatic heterocycles. The molecule has 1 aromatic rings. The van der Waals surface area contributed by atoms with E-state index >= 15 is 0 Å². The van der Waals surface area contributed by atoms with Gasteiger partial charge in [0.15, 0.2) is 7.91 Å². The molecule has 0 unspecified atom stereocenters. The standard InChI is InChI=1S/C2H2N2S3.2H2O/c5-1-3-4-2(6)7-1;;/h(H,3,5)(H,4,6);2*1H2. The molecule has 1 rings (SSSR count). The molecule has 0 saturated heterocycles.